The summed E-state index contributed by atoms with van der Waals surface area (Å²) in [7, 11) is -0.935. The number of hydrogen-bond acceptors (Lipinski definition) is 4. The Morgan fingerprint density at radius 1 is 1.35 bits per heavy atom. The molecule has 0 saturated heterocycles. The highest BCUT2D eigenvalue weighted by Crippen LogP contribution is 2.24. The van der Waals surface area contributed by atoms with Crippen molar-refractivity contribution in [1.29, 1.82) is 0 Å². The lowest BCUT2D eigenvalue weighted by molar-refractivity contribution is 0.102. The summed E-state index contributed by atoms with van der Waals surface area (Å²) in [6, 6.07) is 11.0. The molecular formula is C16H15N3O2S2. The van der Waals surface area contributed by atoms with Crippen molar-refractivity contribution in [2.24, 2.45) is 0 Å². The lowest BCUT2D eigenvalue weighted by atomic mass is 10.1. The molecule has 2 heterocycles. The van der Waals surface area contributed by atoms with Gasteiger partial charge >= 0.3 is 0 Å². The van der Waals surface area contributed by atoms with Gasteiger partial charge in [-0.15, -0.1) is 11.3 Å². The molecule has 0 radical (unpaired) electrons. The molecule has 118 valence electrons. The molecule has 0 aliphatic heterocycles. The number of hydrogen-bond donors (Lipinski definition) is 2. The lowest BCUT2D eigenvalue weighted by Crippen LogP contribution is -2.12. The van der Waals surface area contributed by atoms with Crippen LogP contribution in [0.25, 0.3) is 11.4 Å². The third kappa shape index (κ3) is 3.94. The molecule has 2 N–H and O–H groups in total. The molecule has 1 amide bonds. The van der Waals surface area contributed by atoms with Crippen LogP contribution in [-0.2, 0) is 16.6 Å². The summed E-state index contributed by atoms with van der Waals surface area (Å²) in [6.07, 6.45) is 3.47. The van der Waals surface area contributed by atoms with Crippen LogP contribution in [0.3, 0.4) is 0 Å². The van der Waals surface area contributed by atoms with Crippen molar-refractivity contribution in [3.8, 4) is 11.4 Å². The maximum Gasteiger partial charge on any atom is 0.257 e. The van der Waals surface area contributed by atoms with E-state index in [9.17, 15) is 9.00 Å². The molecule has 3 rings (SSSR count). The van der Waals surface area contributed by atoms with Gasteiger partial charge in [-0.25, -0.2) is 4.98 Å². The quantitative estimate of drug-likeness (QED) is 0.745. The number of aromatic nitrogens is 2. The van der Waals surface area contributed by atoms with E-state index in [0.717, 1.165) is 17.0 Å². The normalized spacial score (nSPS) is 12.0. The summed E-state index contributed by atoms with van der Waals surface area (Å²) in [5, 5.41) is 5.23. The van der Waals surface area contributed by atoms with Crippen LogP contribution < -0.4 is 5.32 Å². The van der Waals surface area contributed by atoms with Crippen LogP contribution in [0.4, 0.5) is 5.13 Å². The first-order chi connectivity index (χ1) is 11.1. The minimum absolute atomic E-state index is 0.221. The average molecular weight is 345 g/mol. The molecular weight excluding hydrogens is 330 g/mol. The standard InChI is InChI=1S/C16H15N3O2S2/c1-23(21)10-11-4-2-5-12(8-11)15(20)19-16-18-14(9-22-16)13-6-3-7-17-13/h2-9,17H,10H2,1H3,(H,18,19,20)/t23-/m1/s1. The molecule has 0 fully saturated rings. The first-order valence-corrected chi connectivity index (χ1v) is 9.52. The highest BCUT2D eigenvalue weighted by Gasteiger charge is 2.11. The van der Waals surface area contributed by atoms with E-state index < -0.39 is 10.8 Å². The Bertz CT molecular complexity index is 841. The summed E-state index contributed by atoms with van der Waals surface area (Å²) in [6.45, 7) is 0. The fraction of sp³-hybridized carbons (Fsp3) is 0.125. The van der Waals surface area contributed by atoms with E-state index >= 15 is 0 Å². The molecule has 0 bridgehead atoms. The van der Waals surface area contributed by atoms with Crippen LogP contribution >= 0.6 is 11.3 Å². The first kappa shape index (κ1) is 15.6. The van der Waals surface area contributed by atoms with Gasteiger partial charge in [-0.3, -0.25) is 14.3 Å². The fourth-order valence-electron chi connectivity index (χ4n) is 2.15. The van der Waals surface area contributed by atoms with Gasteiger partial charge in [-0.05, 0) is 29.8 Å². The zero-order valence-corrected chi connectivity index (χ0v) is 14.0. The van der Waals surface area contributed by atoms with Gasteiger partial charge in [-0.1, -0.05) is 12.1 Å². The maximum atomic E-state index is 12.3. The molecule has 3 aromatic rings. The van der Waals surface area contributed by atoms with E-state index in [2.05, 4.69) is 15.3 Å². The highest BCUT2D eigenvalue weighted by molar-refractivity contribution is 7.83. The second-order valence-corrected chi connectivity index (χ2v) is 7.29. The summed E-state index contributed by atoms with van der Waals surface area (Å²) >= 11 is 1.37. The lowest BCUT2D eigenvalue weighted by Gasteiger charge is -2.04. The van der Waals surface area contributed by atoms with Crippen molar-refractivity contribution in [2.45, 2.75) is 5.75 Å². The SMILES string of the molecule is C[S@@](=O)Cc1cccc(C(=O)Nc2nc(-c3ccc[nH]3)cs2)c1. The number of carbonyl (C=O) groups excluding carboxylic acids is 1. The highest BCUT2D eigenvalue weighted by atomic mass is 32.2. The van der Waals surface area contributed by atoms with Gasteiger partial charge in [0.15, 0.2) is 5.13 Å². The Balaban J connectivity index is 1.73. The zero-order chi connectivity index (χ0) is 16.2. The first-order valence-electron chi connectivity index (χ1n) is 6.91. The molecule has 2 aromatic heterocycles. The number of carbonyl (C=O) groups is 1. The second-order valence-electron chi connectivity index (χ2n) is 4.99. The minimum atomic E-state index is -0.935. The van der Waals surface area contributed by atoms with Crippen molar-refractivity contribution in [3.05, 3.63) is 59.1 Å². The number of thiazole rings is 1. The molecule has 23 heavy (non-hydrogen) atoms. The van der Waals surface area contributed by atoms with Gasteiger partial charge in [0, 0.05) is 39.9 Å². The van der Waals surface area contributed by atoms with E-state index in [0.29, 0.717) is 16.4 Å². The molecule has 0 aliphatic rings. The van der Waals surface area contributed by atoms with Gasteiger partial charge in [0.05, 0.1) is 11.4 Å². The average Bonchev–Trinajstić information content (AvgIpc) is 3.17. The Hall–Kier alpha value is -2.25. The number of H-pyrrole nitrogens is 1. The third-order valence-electron chi connectivity index (χ3n) is 3.16. The number of amides is 1. The summed E-state index contributed by atoms with van der Waals surface area (Å²) in [5.41, 5.74) is 3.12. The Labute approximate surface area is 140 Å². The van der Waals surface area contributed by atoms with Crippen molar-refractivity contribution in [1.82, 2.24) is 9.97 Å². The number of anilines is 1. The number of nitrogens with one attached hydrogen (secondary N) is 2. The van der Waals surface area contributed by atoms with Crippen LogP contribution in [0.15, 0.2) is 48.0 Å². The summed E-state index contributed by atoms with van der Waals surface area (Å²) in [4.78, 5) is 19.8. The van der Waals surface area contributed by atoms with E-state index in [1.54, 1.807) is 24.5 Å². The molecule has 7 heteroatoms. The van der Waals surface area contributed by atoms with E-state index in [1.165, 1.54) is 11.3 Å². The topological polar surface area (TPSA) is 74.8 Å². The van der Waals surface area contributed by atoms with Crippen molar-refractivity contribution >= 4 is 33.2 Å². The molecule has 1 aromatic carbocycles. The molecule has 0 unspecified atom stereocenters. The molecule has 5 nitrogen and oxygen atoms in total. The van der Waals surface area contributed by atoms with Gasteiger partial charge in [0.2, 0.25) is 0 Å². The Kier molecular flexibility index (Phi) is 4.68. The predicted molar refractivity (Wildman–Crippen MR) is 94.1 cm³/mol. The van der Waals surface area contributed by atoms with Crippen LogP contribution in [-0.4, -0.2) is 26.3 Å². The minimum Gasteiger partial charge on any atom is -0.360 e. The molecule has 0 saturated carbocycles. The van der Waals surface area contributed by atoms with Gasteiger partial charge in [-0.2, -0.15) is 0 Å². The largest absolute Gasteiger partial charge is 0.360 e. The Morgan fingerprint density at radius 3 is 2.96 bits per heavy atom. The molecule has 0 aliphatic carbocycles. The monoisotopic (exact) mass is 345 g/mol. The van der Waals surface area contributed by atoms with Crippen LogP contribution in [0.2, 0.25) is 0 Å². The fourth-order valence-corrected chi connectivity index (χ4v) is 3.51. The van der Waals surface area contributed by atoms with Crippen molar-refractivity contribution in [3.63, 3.8) is 0 Å². The van der Waals surface area contributed by atoms with E-state index in [4.69, 9.17) is 0 Å². The van der Waals surface area contributed by atoms with Crippen LogP contribution in [0, 0.1) is 0 Å². The van der Waals surface area contributed by atoms with Gasteiger partial charge < -0.3 is 4.98 Å². The summed E-state index contributed by atoms with van der Waals surface area (Å²) < 4.78 is 11.3. The smallest absolute Gasteiger partial charge is 0.257 e. The molecule has 0 spiro atoms. The van der Waals surface area contributed by atoms with E-state index in [1.807, 2.05) is 29.8 Å². The third-order valence-corrected chi connectivity index (χ3v) is 4.66. The number of benzene rings is 1. The van der Waals surface area contributed by atoms with Crippen LogP contribution in [0.1, 0.15) is 15.9 Å². The maximum absolute atomic E-state index is 12.3. The number of nitrogens with zero attached hydrogens (tertiary/aromatic N) is 1. The second kappa shape index (κ2) is 6.89. The van der Waals surface area contributed by atoms with Crippen molar-refractivity contribution in [2.75, 3.05) is 11.6 Å². The van der Waals surface area contributed by atoms with Crippen molar-refractivity contribution < 1.29 is 9.00 Å². The number of rotatable bonds is 5. The zero-order valence-electron chi connectivity index (χ0n) is 12.4. The number of aromatic amines is 1. The van der Waals surface area contributed by atoms with Gasteiger partial charge in [0.1, 0.15) is 0 Å². The summed E-state index contributed by atoms with van der Waals surface area (Å²) in [5.74, 6) is 0.219. The predicted octanol–water partition coefficient (Wildman–Crippen LogP) is 3.27. The van der Waals surface area contributed by atoms with Gasteiger partial charge in [0.25, 0.3) is 5.91 Å². The van der Waals surface area contributed by atoms with E-state index in [-0.39, 0.29) is 5.91 Å². The molecule has 1 atom stereocenters. The van der Waals surface area contributed by atoms with Crippen LogP contribution in [0.5, 0.6) is 0 Å². The Morgan fingerprint density at radius 2 is 2.22 bits per heavy atom.